The summed E-state index contributed by atoms with van der Waals surface area (Å²) < 4.78 is 7.20. The zero-order valence-electron chi connectivity index (χ0n) is 10.9. The summed E-state index contributed by atoms with van der Waals surface area (Å²) in [7, 11) is 0. The van der Waals surface area contributed by atoms with Crippen molar-refractivity contribution in [3.8, 4) is 5.75 Å². The number of benzene rings is 2. The van der Waals surface area contributed by atoms with Crippen molar-refractivity contribution in [2.75, 3.05) is 12.4 Å². The van der Waals surface area contributed by atoms with Crippen molar-refractivity contribution in [3.63, 3.8) is 0 Å². The number of hydrogen-bond donors (Lipinski definition) is 1. The molecular weight excluding hydrogens is 420 g/mol. The molecule has 0 amide bonds. The van der Waals surface area contributed by atoms with Gasteiger partial charge in [-0.25, -0.2) is 4.79 Å². The van der Waals surface area contributed by atoms with E-state index in [0.717, 1.165) is 20.9 Å². The minimum atomic E-state index is -0.935. The molecule has 0 saturated heterocycles. The van der Waals surface area contributed by atoms with E-state index < -0.39 is 5.97 Å². The molecule has 0 radical (unpaired) electrons. The summed E-state index contributed by atoms with van der Waals surface area (Å²) in [5, 5.41) is 9.07. The Morgan fingerprint density at radius 1 is 1.19 bits per heavy atom. The highest BCUT2D eigenvalue weighted by Crippen LogP contribution is 2.25. The van der Waals surface area contributed by atoms with E-state index in [4.69, 9.17) is 9.84 Å². The van der Waals surface area contributed by atoms with Crippen LogP contribution in [0.1, 0.15) is 10.4 Å². The van der Waals surface area contributed by atoms with E-state index >= 15 is 0 Å². The molecule has 0 aliphatic rings. The maximum absolute atomic E-state index is 11.1. The third-order valence-corrected chi connectivity index (χ3v) is 4.73. The molecule has 0 fully saturated rings. The third-order valence-electron chi connectivity index (χ3n) is 2.59. The van der Waals surface area contributed by atoms with Crippen molar-refractivity contribution in [1.29, 1.82) is 0 Å². The topological polar surface area (TPSA) is 46.5 Å². The lowest BCUT2D eigenvalue weighted by molar-refractivity contribution is 0.0695. The van der Waals surface area contributed by atoms with E-state index in [-0.39, 0.29) is 5.56 Å². The molecule has 6 heteroatoms. The number of aromatic carboxylic acids is 1. The zero-order chi connectivity index (χ0) is 15.2. The molecule has 2 aromatic rings. The van der Waals surface area contributed by atoms with Crippen LogP contribution in [0.5, 0.6) is 5.75 Å². The monoisotopic (exact) mass is 430 g/mol. The maximum atomic E-state index is 11.1. The smallest absolute Gasteiger partial charge is 0.336 e. The first-order valence-electron chi connectivity index (χ1n) is 6.10. The van der Waals surface area contributed by atoms with E-state index in [2.05, 4.69) is 31.9 Å². The normalized spacial score (nSPS) is 10.4. The average molecular weight is 432 g/mol. The summed E-state index contributed by atoms with van der Waals surface area (Å²) >= 11 is 8.19. The summed E-state index contributed by atoms with van der Waals surface area (Å²) in [5.41, 5.74) is 0.271. The SMILES string of the molecule is O=C(O)c1cc(SCCOc2cccc(Br)c2)ccc1Br. The van der Waals surface area contributed by atoms with Gasteiger partial charge in [-0.1, -0.05) is 22.0 Å². The number of hydrogen-bond acceptors (Lipinski definition) is 3. The Balaban J connectivity index is 1.86. The molecule has 2 rings (SSSR count). The van der Waals surface area contributed by atoms with Gasteiger partial charge >= 0.3 is 5.97 Å². The number of halogens is 2. The fourth-order valence-electron chi connectivity index (χ4n) is 1.63. The Morgan fingerprint density at radius 2 is 2.00 bits per heavy atom. The standard InChI is InChI=1S/C15H12Br2O3S/c16-10-2-1-3-11(8-10)20-6-7-21-12-4-5-14(17)13(9-12)15(18)19/h1-5,8-9H,6-7H2,(H,18,19). The van der Waals surface area contributed by atoms with Crippen LogP contribution in [0.4, 0.5) is 0 Å². The highest BCUT2D eigenvalue weighted by atomic mass is 79.9. The average Bonchev–Trinajstić information content (AvgIpc) is 2.45. The Labute approximate surface area is 144 Å². The Kier molecular flexibility index (Phi) is 6.14. The van der Waals surface area contributed by atoms with Crippen LogP contribution in [0.2, 0.25) is 0 Å². The van der Waals surface area contributed by atoms with Gasteiger partial charge in [0.15, 0.2) is 0 Å². The van der Waals surface area contributed by atoms with Gasteiger partial charge in [-0.15, -0.1) is 11.8 Å². The second kappa shape index (κ2) is 7.87. The Morgan fingerprint density at radius 3 is 2.71 bits per heavy atom. The van der Waals surface area contributed by atoms with Gasteiger partial charge in [-0.2, -0.15) is 0 Å². The molecule has 0 atom stereocenters. The summed E-state index contributed by atoms with van der Waals surface area (Å²) in [4.78, 5) is 12.0. The van der Waals surface area contributed by atoms with Gasteiger partial charge in [-0.3, -0.25) is 0 Å². The summed E-state index contributed by atoms with van der Waals surface area (Å²) in [5.74, 6) is 0.620. The molecule has 0 spiro atoms. The molecule has 0 aliphatic heterocycles. The van der Waals surface area contributed by atoms with E-state index in [9.17, 15) is 4.79 Å². The maximum Gasteiger partial charge on any atom is 0.336 e. The molecular formula is C15H12Br2O3S. The van der Waals surface area contributed by atoms with Gasteiger partial charge in [0.2, 0.25) is 0 Å². The largest absolute Gasteiger partial charge is 0.493 e. The minimum Gasteiger partial charge on any atom is -0.493 e. The molecule has 1 N–H and O–H groups in total. The number of ether oxygens (including phenoxy) is 1. The van der Waals surface area contributed by atoms with Crippen LogP contribution >= 0.6 is 43.6 Å². The lowest BCUT2D eigenvalue weighted by Crippen LogP contribution is -2.01. The van der Waals surface area contributed by atoms with Gasteiger partial charge in [-0.05, 0) is 52.3 Å². The highest BCUT2D eigenvalue weighted by Gasteiger charge is 2.09. The third kappa shape index (κ3) is 5.05. The van der Waals surface area contributed by atoms with Crippen molar-refractivity contribution in [2.24, 2.45) is 0 Å². The predicted molar refractivity (Wildman–Crippen MR) is 91.5 cm³/mol. The summed E-state index contributed by atoms with van der Waals surface area (Å²) in [6, 6.07) is 13.0. The van der Waals surface area contributed by atoms with Crippen LogP contribution in [0.3, 0.4) is 0 Å². The van der Waals surface area contributed by atoms with E-state index in [1.165, 1.54) is 0 Å². The lowest BCUT2D eigenvalue weighted by atomic mass is 10.2. The van der Waals surface area contributed by atoms with E-state index in [1.54, 1.807) is 23.9 Å². The Hall–Kier alpha value is -0.980. The van der Waals surface area contributed by atoms with Crippen LogP contribution in [0, 0.1) is 0 Å². The number of carboxylic acids is 1. The molecule has 0 saturated carbocycles. The van der Waals surface area contributed by atoms with Gasteiger partial charge in [0.25, 0.3) is 0 Å². The van der Waals surface area contributed by atoms with Crippen molar-refractivity contribution >= 4 is 49.6 Å². The van der Waals surface area contributed by atoms with Crippen molar-refractivity contribution in [2.45, 2.75) is 4.90 Å². The molecule has 0 bridgehead atoms. The Bertz CT molecular complexity index is 647. The van der Waals surface area contributed by atoms with Gasteiger partial charge in [0.1, 0.15) is 5.75 Å². The second-order valence-corrected chi connectivity index (χ2v) is 7.04. The molecule has 0 aromatic heterocycles. The van der Waals surface area contributed by atoms with Crippen LogP contribution < -0.4 is 4.74 Å². The quantitative estimate of drug-likeness (QED) is 0.511. The first kappa shape index (κ1) is 16.4. The second-order valence-electron chi connectivity index (χ2n) is 4.10. The molecule has 21 heavy (non-hydrogen) atoms. The van der Waals surface area contributed by atoms with Crippen LogP contribution in [-0.4, -0.2) is 23.4 Å². The molecule has 0 heterocycles. The lowest BCUT2D eigenvalue weighted by Gasteiger charge is -2.07. The predicted octanol–water partition coefficient (Wildman–Crippen LogP) is 5.08. The van der Waals surface area contributed by atoms with Gasteiger partial charge in [0, 0.05) is 19.6 Å². The van der Waals surface area contributed by atoms with E-state index in [0.29, 0.717) is 11.1 Å². The fourth-order valence-corrected chi connectivity index (χ4v) is 3.20. The zero-order valence-corrected chi connectivity index (χ0v) is 14.9. The van der Waals surface area contributed by atoms with Crippen molar-refractivity contribution < 1.29 is 14.6 Å². The van der Waals surface area contributed by atoms with Crippen LogP contribution in [-0.2, 0) is 0 Å². The highest BCUT2D eigenvalue weighted by molar-refractivity contribution is 9.10. The van der Waals surface area contributed by atoms with Crippen LogP contribution in [0.25, 0.3) is 0 Å². The van der Waals surface area contributed by atoms with Crippen LogP contribution in [0.15, 0.2) is 56.3 Å². The minimum absolute atomic E-state index is 0.271. The summed E-state index contributed by atoms with van der Waals surface area (Å²) in [6.07, 6.45) is 0. The first-order valence-corrected chi connectivity index (χ1v) is 8.67. The molecule has 3 nitrogen and oxygen atoms in total. The van der Waals surface area contributed by atoms with E-state index in [1.807, 2.05) is 30.3 Å². The van der Waals surface area contributed by atoms with Crippen molar-refractivity contribution in [3.05, 3.63) is 57.0 Å². The number of rotatable bonds is 6. The number of carbonyl (C=O) groups is 1. The molecule has 2 aromatic carbocycles. The number of thioether (sulfide) groups is 1. The molecule has 110 valence electrons. The molecule has 0 unspecified atom stereocenters. The molecule has 0 aliphatic carbocycles. The fraction of sp³-hybridized carbons (Fsp3) is 0.133. The van der Waals surface area contributed by atoms with Gasteiger partial charge in [0.05, 0.1) is 12.2 Å². The van der Waals surface area contributed by atoms with Crippen molar-refractivity contribution in [1.82, 2.24) is 0 Å². The first-order chi connectivity index (χ1) is 10.1. The number of carboxylic acid groups (broad SMARTS) is 1. The summed E-state index contributed by atoms with van der Waals surface area (Å²) in [6.45, 7) is 0.555. The van der Waals surface area contributed by atoms with Gasteiger partial charge < -0.3 is 9.84 Å².